The summed E-state index contributed by atoms with van der Waals surface area (Å²) in [6.07, 6.45) is 2.75. The number of rotatable bonds is 24. The molecule has 0 fully saturated rings. The second-order valence-electron chi connectivity index (χ2n) is 21.9. The molecule has 6 amide bonds. The van der Waals surface area contributed by atoms with Gasteiger partial charge in [0.25, 0.3) is 17.4 Å². The lowest BCUT2D eigenvalue weighted by molar-refractivity contribution is -0.172. The van der Waals surface area contributed by atoms with Crippen molar-refractivity contribution in [3.05, 3.63) is 110 Å². The number of cyclic esters (lactones) is 1. The number of Topliss-reactive ketones (excluding diaryl/α,β-unsaturated/α-hetero) is 2. The number of aliphatic hydroxyl groups is 1. The van der Waals surface area contributed by atoms with Crippen LogP contribution >= 0.6 is 0 Å². The second-order valence-corrected chi connectivity index (χ2v) is 21.9. The van der Waals surface area contributed by atoms with E-state index in [1.165, 1.54) is 22.8 Å². The predicted octanol–water partition coefficient (Wildman–Crippen LogP) is 3.73. The number of benzene rings is 2. The number of pyridine rings is 2. The van der Waals surface area contributed by atoms with Crippen LogP contribution in [0.2, 0.25) is 0 Å². The van der Waals surface area contributed by atoms with Crippen LogP contribution < -0.4 is 26.8 Å². The lowest BCUT2D eigenvalue weighted by atomic mass is 9.81. The van der Waals surface area contributed by atoms with Gasteiger partial charge in [0.2, 0.25) is 23.6 Å². The first-order valence-corrected chi connectivity index (χ1v) is 27.2. The Morgan fingerprint density at radius 2 is 1.60 bits per heavy atom. The number of nitrogens with one attached hydrogen (secondary N) is 4. The minimum Gasteiger partial charge on any atom is -0.460 e. The topological polar surface area (TPSA) is 296 Å². The molecule has 4 aromatic rings. The third kappa shape index (κ3) is 13.3. The summed E-state index contributed by atoms with van der Waals surface area (Å²) < 4.78 is 27.6. The molecule has 428 valence electrons. The summed E-state index contributed by atoms with van der Waals surface area (Å²) in [6.45, 7) is 7.07. The van der Waals surface area contributed by atoms with Gasteiger partial charge in [-0.15, -0.1) is 0 Å². The normalized spacial score (nSPS) is 17.6. The number of amides is 6. The van der Waals surface area contributed by atoms with Crippen molar-refractivity contribution in [1.29, 1.82) is 0 Å². The number of ketones is 2. The Morgan fingerprint density at radius 1 is 0.877 bits per heavy atom. The zero-order valence-electron chi connectivity index (χ0n) is 45.9. The van der Waals surface area contributed by atoms with Crippen molar-refractivity contribution >= 4 is 69.9 Å². The molecule has 5 N–H and O–H groups in total. The van der Waals surface area contributed by atoms with Gasteiger partial charge in [-0.1, -0.05) is 43.7 Å². The van der Waals surface area contributed by atoms with Crippen molar-refractivity contribution in [2.45, 2.75) is 148 Å². The van der Waals surface area contributed by atoms with E-state index in [0.717, 1.165) is 10.5 Å². The molecule has 22 heteroatoms. The summed E-state index contributed by atoms with van der Waals surface area (Å²) in [5, 5.41) is 22.8. The highest BCUT2D eigenvalue weighted by Gasteiger charge is 2.46. The van der Waals surface area contributed by atoms with E-state index in [0.29, 0.717) is 71.1 Å². The Kier molecular flexibility index (Phi) is 17.9. The molecule has 0 radical (unpaired) electrons. The molecule has 0 spiro atoms. The number of esters is 2. The fraction of sp³-hybridized carbons (Fsp3) is 0.458. The summed E-state index contributed by atoms with van der Waals surface area (Å²) in [6, 6.07) is 9.73. The second kappa shape index (κ2) is 24.6. The number of hydrogen-bond donors (Lipinski definition) is 5. The van der Waals surface area contributed by atoms with Gasteiger partial charge in [-0.05, 0) is 94.5 Å². The molecule has 0 saturated carbocycles. The van der Waals surface area contributed by atoms with Crippen molar-refractivity contribution in [3.63, 3.8) is 0 Å². The van der Waals surface area contributed by atoms with Crippen LogP contribution in [0.4, 0.5) is 4.39 Å². The van der Waals surface area contributed by atoms with Crippen LogP contribution in [-0.2, 0) is 89.0 Å². The standard InChI is InChI=1S/C59H66FN7O14/c1-6-59(79)39-25-44-54-37(30-67(44)56(77)38(39)31-80-57(59)78)53-41(17-16-36-32(2)40(60)26-43(65-54)52(36)53)63-48(72)29-62-55(76)34(23-33-13-9-7-10-14-33)24-35(68)28-61-46(70)19-18-45(69)42(27-51(75)81-58(3,4)5)64-47(71)15-11-8-12-22-66-49(73)20-21-50(66)74/h7,9-10,13-14,20-21,25-26,34,41-42,79H,6,8,11-12,15-19,22-24,27-31H2,1-5H3,(H,61,70)(H,62,76)(H,63,72)(H,64,71)/t34-,41+,42+,59+/m1/s1. The molecule has 4 atom stereocenters. The molecule has 81 heavy (non-hydrogen) atoms. The number of nitrogens with zero attached hydrogens (tertiary/aromatic N) is 3. The summed E-state index contributed by atoms with van der Waals surface area (Å²) in [5.74, 6) is -7.48. The van der Waals surface area contributed by atoms with Gasteiger partial charge in [-0.25, -0.2) is 14.2 Å². The number of carbonyl (C=O) groups is 10. The quantitative estimate of drug-likeness (QED) is 0.0334. The maximum absolute atomic E-state index is 15.5. The maximum Gasteiger partial charge on any atom is 0.343 e. The molecule has 5 heterocycles. The third-order valence-corrected chi connectivity index (χ3v) is 15.1. The van der Waals surface area contributed by atoms with Crippen LogP contribution in [0.15, 0.2) is 59.4 Å². The number of aromatic nitrogens is 2. The monoisotopic (exact) mass is 1120 g/mol. The van der Waals surface area contributed by atoms with Crippen LogP contribution in [0.25, 0.3) is 22.3 Å². The van der Waals surface area contributed by atoms with Crippen LogP contribution in [0, 0.1) is 18.7 Å². The minimum atomic E-state index is -2.07. The first-order valence-electron chi connectivity index (χ1n) is 27.2. The Bertz CT molecular complexity index is 3330. The minimum absolute atomic E-state index is 0.0205. The van der Waals surface area contributed by atoms with Crippen LogP contribution in [0.5, 0.6) is 0 Å². The Morgan fingerprint density at radius 3 is 2.31 bits per heavy atom. The van der Waals surface area contributed by atoms with Gasteiger partial charge in [0.1, 0.15) is 18.0 Å². The summed E-state index contributed by atoms with van der Waals surface area (Å²) in [5.41, 5.74) is 0.762. The molecule has 1 aliphatic carbocycles. The van der Waals surface area contributed by atoms with Crippen LogP contribution in [0.1, 0.15) is 137 Å². The van der Waals surface area contributed by atoms with Crippen molar-refractivity contribution in [3.8, 4) is 11.4 Å². The van der Waals surface area contributed by atoms with Gasteiger partial charge in [-0.2, -0.15) is 0 Å². The third-order valence-electron chi connectivity index (χ3n) is 15.1. The maximum atomic E-state index is 15.5. The smallest absolute Gasteiger partial charge is 0.343 e. The Balaban J connectivity index is 0.883. The Hall–Kier alpha value is -8.27. The van der Waals surface area contributed by atoms with Gasteiger partial charge in [0, 0.05) is 72.9 Å². The van der Waals surface area contributed by atoms with Crippen LogP contribution in [-0.4, -0.2) is 110 Å². The van der Waals surface area contributed by atoms with E-state index in [1.54, 1.807) is 71.0 Å². The van der Waals surface area contributed by atoms with Crippen molar-refractivity contribution in [1.82, 2.24) is 35.7 Å². The van der Waals surface area contributed by atoms with Crippen molar-refractivity contribution in [2.24, 2.45) is 5.92 Å². The number of aryl methyl sites for hydroxylation is 1. The van der Waals surface area contributed by atoms with E-state index in [1.807, 2.05) is 0 Å². The molecular weight excluding hydrogens is 1050 g/mol. The lowest BCUT2D eigenvalue weighted by Crippen LogP contribution is -2.44. The molecule has 21 nitrogen and oxygen atoms in total. The molecule has 2 aromatic heterocycles. The lowest BCUT2D eigenvalue weighted by Gasteiger charge is -2.31. The van der Waals surface area contributed by atoms with Crippen molar-refractivity contribution in [2.75, 3.05) is 19.6 Å². The summed E-state index contributed by atoms with van der Waals surface area (Å²) >= 11 is 0. The highest BCUT2D eigenvalue weighted by Crippen LogP contribution is 2.46. The highest BCUT2D eigenvalue weighted by molar-refractivity contribution is 6.12. The average Bonchev–Trinajstić information content (AvgIpc) is 2.41. The number of ether oxygens (including phenoxy) is 2. The summed E-state index contributed by atoms with van der Waals surface area (Å²) in [7, 11) is 0. The molecule has 3 aliphatic heterocycles. The molecule has 4 aliphatic rings. The molecule has 0 unspecified atom stereocenters. The summed E-state index contributed by atoms with van der Waals surface area (Å²) in [4.78, 5) is 150. The first-order chi connectivity index (χ1) is 38.5. The number of hydrogen-bond acceptors (Lipinski definition) is 15. The van der Waals surface area contributed by atoms with Gasteiger partial charge >= 0.3 is 11.9 Å². The van der Waals surface area contributed by atoms with E-state index in [4.69, 9.17) is 14.5 Å². The predicted molar refractivity (Wildman–Crippen MR) is 289 cm³/mol. The number of imide groups is 1. The molecule has 0 bridgehead atoms. The van der Waals surface area contributed by atoms with E-state index >= 15 is 4.39 Å². The zero-order chi connectivity index (χ0) is 58.5. The van der Waals surface area contributed by atoms with E-state index in [2.05, 4.69) is 21.3 Å². The molecular formula is C59H66FN7O14. The number of halogens is 1. The van der Waals surface area contributed by atoms with Crippen LogP contribution in [0.3, 0.4) is 0 Å². The van der Waals surface area contributed by atoms with Crippen molar-refractivity contribution < 1.29 is 66.9 Å². The van der Waals surface area contributed by atoms with E-state index in [9.17, 15) is 57.8 Å². The SMILES string of the molecule is CC[C@@]1(O)C(=O)OCc2c1cc1n(c2=O)Cc2c-1nc1cc(F)c(C)c3c1c2[C@@H](NC(=O)CNC(=O)[C@@H](CC(=O)CNC(=O)CCC(=O)[C@H](CC(=O)OC(C)(C)C)NC(=O)CCCCCN1C(=O)C=CC1=O)Cc1ccccc1)CC3. The fourth-order valence-electron chi connectivity index (χ4n) is 10.9. The van der Waals surface area contributed by atoms with E-state index in [-0.39, 0.29) is 62.0 Å². The largest absolute Gasteiger partial charge is 0.460 e. The number of unbranched alkanes of at least 4 members (excludes halogenated alkanes) is 2. The van der Waals surface area contributed by atoms with Gasteiger partial charge in [-0.3, -0.25) is 52.8 Å². The average molecular weight is 1120 g/mol. The first kappa shape index (κ1) is 58.9. The number of carbonyl (C=O) groups excluding carboxylic acids is 10. The highest BCUT2D eigenvalue weighted by atomic mass is 19.1. The zero-order valence-corrected chi connectivity index (χ0v) is 45.9. The molecule has 8 rings (SSSR count). The van der Waals surface area contributed by atoms with Gasteiger partial charge in [0.05, 0.1) is 60.6 Å². The Labute approximate surface area is 465 Å². The van der Waals surface area contributed by atoms with E-state index < -0.39 is 132 Å². The molecule has 2 aromatic carbocycles. The number of fused-ring (bicyclic) bond motifs is 5. The fourth-order valence-corrected chi connectivity index (χ4v) is 10.9. The molecule has 0 saturated heterocycles. The van der Waals surface area contributed by atoms with Gasteiger partial charge in [0.15, 0.2) is 17.2 Å². The van der Waals surface area contributed by atoms with Gasteiger partial charge < -0.3 is 40.4 Å².